The Morgan fingerprint density at radius 3 is 3.00 bits per heavy atom. The van der Waals surface area contributed by atoms with Gasteiger partial charge in [-0.1, -0.05) is 0 Å². The van der Waals surface area contributed by atoms with Crippen molar-refractivity contribution in [1.82, 2.24) is 4.90 Å². The van der Waals surface area contributed by atoms with E-state index in [1.807, 2.05) is 34.0 Å². The fourth-order valence-corrected chi connectivity index (χ4v) is 3.85. The van der Waals surface area contributed by atoms with Crippen LogP contribution in [0.5, 0.6) is 0 Å². The molecule has 1 aliphatic rings. The van der Waals surface area contributed by atoms with Gasteiger partial charge in [0.05, 0.1) is 0 Å². The van der Waals surface area contributed by atoms with Gasteiger partial charge in [-0.25, -0.2) is 4.79 Å². The molecular formula is C17H16INO4S. The molecule has 0 aliphatic carbocycles. The standard InChI is InChI=1S/C17H16INO4S/c1-11(22-16(20)5-3-13-2-4-15(18)23-13)17(21)19-8-6-14-12(10-19)7-9-24-14/h2-5,7,9,11H,6,8,10H2,1H3/b5-3+. The lowest BCUT2D eigenvalue weighted by atomic mass is 10.1. The van der Waals surface area contributed by atoms with Gasteiger partial charge in [-0.15, -0.1) is 11.3 Å². The van der Waals surface area contributed by atoms with E-state index in [4.69, 9.17) is 9.15 Å². The second-order valence-electron chi connectivity index (χ2n) is 5.43. The van der Waals surface area contributed by atoms with Crippen molar-refractivity contribution in [1.29, 1.82) is 0 Å². The van der Waals surface area contributed by atoms with Crippen LogP contribution in [0.1, 0.15) is 23.1 Å². The Balaban J connectivity index is 1.54. The van der Waals surface area contributed by atoms with Crippen LogP contribution in [0.2, 0.25) is 0 Å². The molecule has 0 aromatic carbocycles. The van der Waals surface area contributed by atoms with E-state index in [0.29, 0.717) is 18.8 Å². The number of amides is 1. The minimum absolute atomic E-state index is 0.166. The van der Waals surface area contributed by atoms with Crippen molar-refractivity contribution in [2.24, 2.45) is 0 Å². The lowest BCUT2D eigenvalue weighted by Crippen LogP contribution is -2.42. The number of hydrogen-bond acceptors (Lipinski definition) is 5. The molecule has 2 aromatic rings. The first-order valence-electron chi connectivity index (χ1n) is 7.51. The number of esters is 1. The van der Waals surface area contributed by atoms with E-state index in [1.165, 1.54) is 22.6 Å². The Kier molecular flexibility index (Phi) is 5.40. The van der Waals surface area contributed by atoms with Crippen molar-refractivity contribution in [3.05, 3.63) is 49.6 Å². The Bertz CT molecular complexity index is 779. The molecule has 0 fully saturated rings. The largest absolute Gasteiger partial charge is 0.451 e. The fourth-order valence-electron chi connectivity index (χ4n) is 2.53. The molecule has 1 amide bonds. The smallest absolute Gasteiger partial charge is 0.331 e. The molecule has 7 heteroatoms. The van der Waals surface area contributed by atoms with E-state index in [2.05, 4.69) is 0 Å². The van der Waals surface area contributed by atoms with E-state index >= 15 is 0 Å². The molecule has 0 radical (unpaired) electrons. The van der Waals surface area contributed by atoms with Crippen molar-refractivity contribution in [3.63, 3.8) is 0 Å². The number of halogens is 1. The average molecular weight is 457 g/mol. The van der Waals surface area contributed by atoms with Crippen molar-refractivity contribution < 1.29 is 18.7 Å². The van der Waals surface area contributed by atoms with Crippen LogP contribution >= 0.6 is 33.9 Å². The predicted molar refractivity (Wildman–Crippen MR) is 99.5 cm³/mol. The molecule has 5 nitrogen and oxygen atoms in total. The molecule has 1 atom stereocenters. The van der Waals surface area contributed by atoms with E-state index in [0.717, 1.165) is 10.2 Å². The molecule has 1 aliphatic heterocycles. The molecule has 1 unspecified atom stereocenters. The molecule has 0 saturated carbocycles. The Labute approximate surface area is 157 Å². The summed E-state index contributed by atoms with van der Waals surface area (Å²) in [4.78, 5) is 27.4. The lowest BCUT2D eigenvalue weighted by Gasteiger charge is -2.29. The molecule has 0 N–H and O–H groups in total. The molecule has 2 aromatic heterocycles. The summed E-state index contributed by atoms with van der Waals surface area (Å²) < 4.78 is 11.3. The third-order valence-electron chi connectivity index (χ3n) is 3.74. The van der Waals surface area contributed by atoms with Gasteiger partial charge in [0.25, 0.3) is 5.91 Å². The second kappa shape index (κ2) is 7.52. The summed E-state index contributed by atoms with van der Waals surface area (Å²) in [5.41, 5.74) is 1.19. The highest BCUT2D eigenvalue weighted by Crippen LogP contribution is 2.24. The molecule has 126 valence electrons. The summed E-state index contributed by atoms with van der Waals surface area (Å²) in [5, 5.41) is 2.04. The maximum absolute atomic E-state index is 12.5. The minimum atomic E-state index is -0.806. The molecular weight excluding hydrogens is 441 g/mol. The molecule has 3 heterocycles. The van der Waals surface area contributed by atoms with Gasteiger partial charge in [-0.3, -0.25) is 4.79 Å². The molecule has 24 heavy (non-hydrogen) atoms. The maximum atomic E-state index is 12.5. The zero-order valence-electron chi connectivity index (χ0n) is 13.0. The monoisotopic (exact) mass is 457 g/mol. The van der Waals surface area contributed by atoms with Crippen molar-refractivity contribution in [2.75, 3.05) is 6.54 Å². The molecule has 0 bridgehead atoms. The highest BCUT2D eigenvalue weighted by Gasteiger charge is 2.27. The van der Waals surface area contributed by atoms with Crippen LogP contribution in [0.25, 0.3) is 6.08 Å². The topological polar surface area (TPSA) is 59.8 Å². The Morgan fingerprint density at radius 1 is 1.42 bits per heavy atom. The number of nitrogens with zero attached hydrogens (tertiary/aromatic N) is 1. The van der Waals surface area contributed by atoms with Crippen LogP contribution in [0.15, 0.2) is 34.1 Å². The van der Waals surface area contributed by atoms with Gasteiger partial charge >= 0.3 is 5.97 Å². The van der Waals surface area contributed by atoms with Gasteiger partial charge in [0, 0.05) is 24.0 Å². The number of thiophene rings is 1. The quantitative estimate of drug-likeness (QED) is 0.401. The third-order valence-corrected chi connectivity index (χ3v) is 5.34. The van der Waals surface area contributed by atoms with Crippen LogP contribution in [-0.4, -0.2) is 29.4 Å². The summed E-state index contributed by atoms with van der Waals surface area (Å²) >= 11 is 3.77. The highest BCUT2D eigenvalue weighted by molar-refractivity contribution is 14.1. The number of carbonyl (C=O) groups excluding carboxylic acids is 2. The maximum Gasteiger partial charge on any atom is 0.331 e. The van der Waals surface area contributed by atoms with Crippen molar-refractivity contribution in [3.8, 4) is 0 Å². The number of carbonyl (C=O) groups is 2. The first-order chi connectivity index (χ1) is 11.5. The van der Waals surface area contributed by atoms with Crippen LogP contribution in [-0.2, 0) is 27.3 Å². The number of rotatable bonds is 4. The summed E-state index contributed by atoms with van der Waals surface area (Å²) in [6.45, 7) is 2.85. The van der Waals surface area contributed by atoms with E-state index in [1.54, 1.807) is 35.3 Å². The van der Waals surface area contributed by atoms with E-state index < -0.39 is 12.1 Å². The molecule has 0 saturated heterocycles. The number of hydrogen-bond donors (Lipinski definition) is 0. The zero-order chi connectivity index (χ0) is 17.1. The van der Waals surface area contributed by atoms with Crippen LogP contribution in [0, 0.1) is 3.77 Å². The lowest BCUT2D eigenvalue weighted by molar-refractivity contribution is -0.155. The zero-order valence-corrected chi connectivity index (χ0v) is 16.0. The van der Waals surface area contributed by atoms with Gasteiger partial charge in [0.15, 0.2) is 9.87 Å². The summed E-state index contributed by atoms with van der Waals surface area (Å²) in [6.07, 6.45) is 2.85. The van der Waals surface area contributed by atoms with Crippen LogP contribution in [0.4, 0.5) is 0 Å². The molecule has 0 spiro atoms. The highest BCUT2D eigenvalue weighted by atomic mass is 127. The first kappa shape index (κ1) is 17.2. The van der Waals surface area contributed by atoms with Crippen LogP contribution in [0.3, 0.4) is 0 Å². The van der Waals surface area contributed by atoms with Gasteiger partial charge in [-0.2, -0.15) is 0 Å². The Morgan fingerprint density at radius 2 is 2.25 bits per heavy atom. The van der Waals surface area contributed by atoms with Crippen molar-refractivity contribution >= 4 is 51.9 Å². The number of fused-ring (bicyclic) bond motifs is 1. The Hall–Kier alpha value is -1.61. The average Bonchev–Trinajstić information content (AvgIpc) is 3.19. The van der Waals surface area contributed by atoms with Gasteiger partial charge in [-0.05, 0) is 71.2 Å². The minimum Gasteiger partial charge on any atom is -0.451 e. The molecule has 3 rings (SSSR count). The van der Waals surface area contributed by atoms with E-state index in [-0.39, 0.29) is 5.91 Å². The predicted octanol–water partition coefficient (Wildman–Crippen LogP) is 3.48. The number of ether oxygens (including phenoxy) is 1. The normalized spacial score (nSPS) is 15.3. The summed E-state index contributed by atoms with van der Waals surface area (Å²) in [5.74, 6) is -0.159. The van der Waals surface area contributed by atoms with Gasteiger partial charge in [0.1, 0.15) is 5.76 Å². The SMILES string of the molecule is CC(OC(=O)/C=C/c1ccc(I)o1)C(=O)N1CCc2sccc2C1. The van der Waals surface area contributed by atoms with Crippen molar-refractivity contribution in [2.45, 2.75) is 26.0 Å². The second-order valence-corrected chi connectivity index (χ2v) is 7.50. The summed E-state index contributed by atoms with van der Waals surface area (Å²) in [7, 11) is 0. The van der Waals surface area contributed by atoms with Gasteiger partial charge in [0.2, 0.25) is 0 Å². The van der Waals surface area contributed by atoms with Gasteiger partial charge < -0.3 is 14.1 Å². The summed E-state index contributed by atoms with van der Waals surface area (Å²) in [6, 6.07) is 5.60. The van der Waals surface area contributed by atoms with Crippen LogP contribution < -0.4 is 0 Å². The fraction of sp³-hybridized carbons (Fsp3) is 0.294. The number of furan rings is 1. The van der Waals surface area contributed by atoms with E-state index in [9.17, 15) is 9.59 Å². The third kappa shape index (κ3) is 4.07. The first-order valence-corrected chi connectivity index (χ1v) is 9.47.